The van der Waals surface area contributed by atoms with Gasteiger partial charge in [0.2, 0.25) is 15.8 Å². The first-order chi connectivity index (χ1) is 14.7. The number of benzene rings is 1. The number of carbonyl (C=O) groups excluding carboxylic acids is 3. The molecule has 1 aliphatic heterocycles. The highest BCUT2D eigenvalue weighted by Gasteiger charge is 2.37. The first-order valence-corrected chi connectivity index (χ1v) is 12.6. The number of ketones is 2. The van der Waals surface area contributed by atoms with Gasteiger partial charge in [0, 0.05) is 18.9 Å². The van der Waals surface area contributed by atoms with Crippen molar-refractivity contribution in [1.82, 2.24) is 10.0 Å². The minimum Gasteiger partial charge on any atom is -0.349 e. The van der Waals surface area contributed by atoms with Crippen LogP contribution in [-0.4, -0.2) is 38.5 Å². The lowest BCUT2D eigenvalue weighted by molar-refractivity contribution is -0.141. The maximum atomic E-state index is 13.2. The van der Waals surface area contributed by atoms with Crippen LogP contribution < -0.4 is 10.0 Å². The van der Waals surface area contributed by atoms with E-state index in [1.54, 1.807) is 32.0 Å². The lowest BCUT2D eigenvalue weighted by atomic mass is 9.76. The van der Waals surface area contributed by atoms with Gasteiger partial charge in [0.15, 0.2) is 5.78 Å². The summed E-state index contributed by atoms with van der Waals surface area (Å²) in [6.45, 7) is 4.03. The summed E-state index contributed by atoms with van der Waals surface area (Å²) in [5, 5.41) is 2.73. The molecule has 4 unspecified atom stereocenters. The van der Waals surface area contributed by atoms with Gasteiger partial charge in [-0.05, 0) is 49.1 Å². The van der Waals surface area contributed by atoms with E-state index in [9.17, 15) is 22.8 Å². The van der Waals surface area contributed by atoms with Crippen molar-refractivity contribution in [3.8, 4) is 0 Å². The highest BCUT2D eigenvalue weighted by atomic mass is 32.2. The second kappa shape index (κ2) is 10.0. The van der Waals surface area contributed by atoms with Gasteiger partial charge in [0.25, 0.3) is 5.91 Å². The molecule has 1 aliphatic carbocycles. The molecule has 170 valence electrons. The van der Waals surface area contributed by atoms with Crippen LogP contribution in [0.5, 0.6) is 0 Å². The predicted octanol–water partition coefficient (Wildman–Crippen LogP) is 2.46. The zero-order valence-electron chi connectivity index (χ0n) is 18.2. The monoisotopic (exact) mass is 448 g/mol. The Hall–Kier alpha value is -2.06. The molecule has 1 aromatic rings. The molecule has 1 saturated heterocycles. The summed E-state index contributed by atoms with van der Waals surface area (Å²) in [6.07, 6.45) is 4.43. The van der Waals surface area contributed by atoms with Crippen molar-refractivity contribution in [2.45, 2.75) is 63.3 Å². The number of sulfonamides is 1. The first-order valence-electron chi connectivity index (χ1n) is 11.1. The van der Waals surface area contributed by atoms with Gasteiger partial charge >= 0.3 is 0 Å². The highest BCUT2D eigenvalue weighted by Crippen LogP contribution is 2.35. The number of amides is 1. The maximum absolute atomic E-state index is 13.2. The van der Waals surface area contributed by atoms with E-state index in [1.807, 2.05) is 0 Å². The van der Waals surface area contributed by atoms with Gasteiger partial charge in [-0.1, -0.05) is 44.9 Å². The van der Waals surface area contributed by atoms with Crippen molar-refractivity contribution in [3.63, 3.8) is 0 Å². The Labute approximate surface area is 184 Å². The van der Waals surface area contributed by atoms with E-state index < -0.39 is 33.7 Å². The van der Waals surface area contributed by atoms with Gasteiger partial charge in [-0.15, -0.1) is 0 Å². The van der Waals surface area contributed by atoms with Crippen LogP contribution in [0.3, 0.4) is 0 Å². The number of carbonyl (C=O) groups is 3. The van der Waals surface area contributed by atoms with E-state index in [1.165, 1.54) is 12.1 Å². The Kier molecular flexibility index (Phi) is 7.64. The smallest absolute Gasteiger partial charge is 0.287 e. The molecule has 2 fully saturated rings. The van der Waals surface area contributed by atoms with Gasteiger partial charge in [-0.25, -0.2) is 13.1 Å². The van der Waals surface area contributed by atoms with E-state index in [0.717, 1.165) is 25.7 Å². The molecule has 1 aromatic carbocycles. The van der Waals surface area contributed by atoms with Gasteiger partial charge in [0.1, 0.15) is 0 Å². The minimum atomic E-state index is -3.88. The quantitative estimate of drug-likeness (QED) is 0.623. The summed E-state index contributed by atoms with van der Waals surface area (Å²) in [5.41, 5.74) is 0. The number of hydrogen-bond donors (Lipinski definition) is 2. The second-order valence-corrected chi connectivity index (χ2v) is 10.9. The third-order valence-electron chi connectivity index (χ3n) is 6.45. The third-order valence-corrected chi connectivity index (χ3v) is 7.91. The second-order valence-electron chi connectivity index (χ2n) is 9.23. The lowest BCUT2D eigenvalue weighted by Crippen LogP contribution is -2.46. The molecular weight excluding hydrogens is 416 g/mol. The van der Waals surface area contributed by atoms with Crippen LogP contribution in [0.4, 0.5) is 0 Å². The highest BCUT2D eigenvalue weighted by molar-refractivity contribution is 7.89. The average molecular weight is 449 g/mol. The molecule has 4 atom stereocenters. The molecule has 31 heavy (non-hydrogen) atoms. The molecule has 2 N–H and O–H groups in total. The molecule has 1 saturated carbocycles. The number of nitrogens with one attached hydrogen (secondary N) is 2. The molecule has 2 aliphatic rings. The molecule has 7 nitrogen and oxygen atoms in total. The number of rotatable bonds is 7. The molecule has 1 heterocycles. The van der Waals surface area contributed by atoms with Crippen LogP contribution >= 0.6 is 0 Å². The Morgan fingerprint density at radius 1 is 1.10 bits per heavy atom. The van der Waals surface area contributed by atoms with E-state index in [2.05, 4.69) is 10.0 Å². The summed E-state index contributed by atoms with van der Waals surface area (Å²) in [6, 6.07) is 6.92. The van der Waals surface area contributed by atoms with Crippen LogP contribution in [0.1, 0.15) is 52.4 Å². The number of fused-ring (bicyclic) bond motifs is 2. The fourth-order valence-electron chi connectivity index (χ4n) is 4.78. The summed E-state index contributed by atoms with van der Waals surface area (Å²) in [7, 11) is -3.88. The average Bonchev–Trinajstić information content (AvgIpc) is 2.78. The Balaban J connectivity index is 1.76. The van der Waals surface area contributed by atoms with E-state index in [0.29, 0.717) is 24.8 Å². The first kappa shape index (κ1) is 23.6. The zero-order valence-corrected chi connectivity index (χ0v) is 19.0. The minimum absolute atomic E-state index is 0.0830. The SMILES string of the molecule is CC(C)C(NS(=O)(=O)c1ccccc1)C(=O)CC1CC2CCCC(CNC(=O)C1=O)C2. The number of hydrogen-bond acceptors (Lipinski definition) is 5. The van der Waals surface area contributed by atoms with E-state index >= 15 is 0 Å². The molecule has 0 spiro atoms. The summed E-state index contributed by atoms with van der Waals surface area (Å²) in [4.78, 5) is 38.3. The van der Waals surface area contributed by atoms with Gasteiger partial charge < -0.3 is 5.32 Å². The molecular formula is C23H32N2O5S. The van der Waals surface area contributed by atoms with Crippen molar-refractivity contribution in [2.75, 3.05) is 6.54 Å². The molecule has 8 heteroatoms. The lowest BCUT2D eigenvalue weighted by Gasteiger charge is -2.29. The summed E-state index contributed by atoms with van der Waals surface area (Å²) in [5.74, 6) is -1.86. The van der Waals surface area contributed by atoms with E-state index in [4.69, 9.17) is 0 Å². The van der Waals surface area contributed by atoms with Crippen LogP contribution in [0.15, 0.2) is 35.2 Å². The Morgan fingerprint density at radius 3 is 2.45 bits per heavy atom. The fourth-order valence-corrected chi connectivity index (χ4v) is 6.16. The molecule has 0 aromatic heterocycles. The van der Waals surface area contributed by atoms with Gasteiger partial charge in [-0.3, -0.25) is 14.4 Å². The summed E-state index contributed by atoms with van der Waals surface area (Å²) < 4.78 is 28.0. The van der Waals surface area contributed by atoms with Crippen molar-refractivity contribution >= 4 is 27.5 Å². The van der Waals surface area contributed by atoms with Crippen molar-refractivity contribution in [2.24, 2.45) is 23.7 Å². The fraction of sp³-hybridized carbons (Fsp3) is 0.609. The van der Waals surface area contributed by atoms with Crippen molar-refractivity contribution < 1.29 is 22.8 Å². The van der Waals surface area contributed by atoms with E-state index in [-0.39, 0.29) is 23.0 Å². The Bertz CT molecular complexity index is 913. The molecule has 0 radical (unpaired) electrons. The largest absolute Gasteiger partial charge is 0.349 e. The molecule has 1 amide bonds. The topological polar surface area (TPSA) is 109 Å². The van der Waals surface area contributed by atoms with Crippen LogP contribution in [0.25, 0.3) is 0 Å². The van der Waals surface area contributed by atoms with Crippen LogP contribution in [-0.2, 0) is 24.4 Å². The van der Waals surface area contributed by atoms with Gasteiger partial charge in [0.05, 0.1) is 10.9 Å². The zero-order chi connectivity index (χ0) is 22.6. The predicted molar refractivity (Wildman–Crippen MR) is 117 cm³/mol. The van der Waals surface area contributed by atoms with Gasteiger partial charge in [-0.2, -0.15) is 0 Å². The molecule has 2 bridgehead atoms. The maximum Gasteiger partial charge on any atom is 0.287 e. The number of Topliss-reactive ketones (excluding diaryl/α,β-unsaturated/α-hetero) is 2. The van der Waals surface area contributed by atoms with Crippen molar-refractivity contribution in [3.05, 3.63) is 30.3 Å². The standard InChI is InChI=1S/C23H32N2O5S/c1-15(2)21(25-31(29,30)19-9-4-3-5-10-19)20(26)13-18-12-16-7-6-8-17(11-16)14-24-23(28)22(18)27/h3-5,9-10,15-18,21,25H,6-8,11-14H2,1-2H3,(H,24,28). The van der Waals surface area contributed by atoms with Crippen LogP contribution in [0, 0.1) is 23.7 Å². The van der Waals surface area contributed by atoms with Crippen LogP contribution in [0.2, 0.25) is 0 Å². The summed E-state index contributed by atoms with van der Waals surface area (Å²) >= 11 is 0. The normalized spacial score (nSPS) is 25.8. The Morgan fingerprint density at radius 2 is 1.77 bits per heavy atom. The van der Waals surface area contributed by atoms with Crippen molar-refractivity contribution in [1.29, 1.82) is 0 Å². The third kappa shape index (κ3) is 6.01. The molecule has 3 rings (SSSR count).